The van der Waals surface area contributed by atoms with Gasteiger partial charge >= 0.3 is 0 Å². The quantitative estimate of drug-likeness (QED) is 0.211. The molecule has 0 spiro atoms. The summed E-state index contributed by atoms with van der Waals surface area (Å²) >= 11 is 1.86. The van der Waals surface area contributed by atoms with Crippen LogP contribution in [0.5, 0.6) is 0 Å². The van der Waals surface area contributed by atoms with Crippen LogP contribution in [0.2, 0.25) is 0 Å². The van der Waals surface area contributed by atoms with Gasteiger partial charge in [-0.3, -0.25) is 0 Å². The Morgan fingerprint density at radius 3 is 2.02 bits per heavy atom. The first-order chi connectivity index (χ1) is 20.3. The molecular weight excluding hydrogens is 516 g/mol. The summed E-state index contributed by atoms with van der Waals surface area (Å²) in [5, 5.41) is 6.44. The molecule has 0 atom stereocenters. The molecular formula is C38H24N2S. The maximum Gasteiger partial charge on any atom is 0.0541 e. The van der Waals surface area contributed by atoms with E-state index in [1.54, 1.807) is 0 Å². The Labute approximate surface area is 240 Å². The smallest absolute Gasteiger partial charge is 0.0541 e. The highest BCUT2D eigenvalue weighted by Gasteiger charge is 2.15. The third kappa shape index (κ3) is 3.43. The minimum atomic E-state index is 1.18. The highest BCUT2D eigenvalue weighted by Crippen LogP contribution is 2.39. The Morgan fingerprint density at radius 1 is 0.415 bits per heavy atom. The Kier molecular flexibility index (Phi) is 4.80. The zero-order valence-corrected chi connectivity index (χ0v) is 23.0. The average molecular weight is 541 g/mol. The molecule has 3 aromatic heterocycles. The van der Waals surface area contributed by atoms with E-state index in [1.807, 2.05) is 11.3 Å². The van der Waals surface area contributed by atoms with Gasteiger partial charge in [0.05, 0.1) is 16.6 Å². The van der Waals surface area contributed by atoms with E-state index in [0.29, 0.717) is 0 Å². The van der Waals surface area contributed by atoms with Crippen molar-refractivity contribution in [1.29, 1.82) is 0 Å². The van der Waals surface area contributed by atoms with Crippen LogP contribution in [0, 0.1) is 0 Å². The third-order valence-electron chi connectivity index (χ3n) is 8.35. The first-order valence-electron chi connectivity index (χ1n) is 13.9. The van der Waals surface area contributed by atoms with Crippen LogP contribution >= 0.6 is 11.3 Å². The van der Waals surface area contributed by atoms with Crippen LogP contribution in [0.4, 0.5) is 0 Å². The number of benzene rings is 6. The van der Waals surface area contributed by atoms with Gasteiger partial charge in [0.2, 0.25) is 0 Å². The molecule has 0 fully saturated rings. The number of rotatable bonds is 3. The second kappa shape index (κ2) is 8.69. The third-order valence-corrected chi connectivity index (χ3v) is 9.50. The molecule has 0 aliphatic rings. The Balaban J connectivity index is 1.21. The van der Waals surface area contributed by atoms with Crippen molar-refractivity contribution in [1.82, 2.24) is 9.13 Å². The van der Waals surface area contributed by atoms with Gasteiger partial charge in [-0.2, -0.15) is 0 Å². The summed E-state index contributed by atoms with van der Waals surface area (Å²) in [7, 11) is 0. The van der Waals surface area contributed by atoms with Crippen LogP contribution in [-0.4, -0.2) is 9.13 Å². The van der Waals surface area contributed by atoms with Gasteiger partial charge in [0.15, 0.2) is 0 Å². The van der Waals surface area contributed by atoms with Crippen LogP contribution in [0.3, 0.4) is 0 Å². The van der Waals surface area contributed by atoms with E-state index in [2.05, 4.69) is 155 Å². The summed E-state index contributed by atoms with van der Waals surface area (Å²) in [4.78, 5) is 0. The minimum Gasteiger partial charge on any atom is -0.317 e. The van der Waals surface area contributed by atoms with Crippen molar-refractivity contribution in [2.24, 2.45) is 0 Å². The molecule has 0 saturated carbocycles. The van der Waals surface area contributed by atoms with Crippen molar-refractivity contribution in [2.75, 3.05) is 0 Å². The van der Waals surface area contributed by atoms with Crippen molar-refractivity contribution in [3.8, 4) is 22.5 Å². The van der Waals surface area contributed by atoms with E-state index in [0.717, 1.165) is 0 Å². The van der Waals surface area contributed by atoms with E-state index in [1.165, 1.54) is 75.4 Å². The van der Waals surface area contributed by atoms with Gasteiger partial charge in [0.1, 0.15) is 0 Å². The first kappa shape index (κ1) is 22.7. The fraction of sp³-hybridized carbons (Fsp3) is 0. The van der Waals surface area contributed by atoms with Crippen LogP contribution < -0.4 is 0 Å². The van der Waals surface area contributed by atoms with Gasteiger partial charge in [-0.15, -0.1) is 11.3 Å². The second-order valence-corrected chi connectivity index (χ2v) is 11.7. The van der Waals surface area contributed by atoms with Gasteiger partial charge in [-0.05, 0) is 83.9 Å². The number of thiophene rings is 1. The monoisotopic (exact) mass is 540 g/mol. The summed E-state index contributed by atoms with van der Waals surface area (Å²) in [6, 6.07) is 50.9. The number of hydrogen-bond acceptors (Lipinski definition) is 1. The molecule has 3 heterocycles. The Morgan fingerprint density at radius 2 is 1.12 bits per heavy atom. The molecule has 0 amide bonds. The first-order valence-corrected chi connectivity index (χ1v) is 14.8. The minimum absolute atomic E-state index is 1.18. The summed E-state index contributed by atoms with van der Waals surface area (Å²) in [6.45, 7) is 0. The average Bonchev–Trinajstić information content (AvgIpc) is 3.72. The molecule has 0 radical (unpaired) electrons. The number of para-hydroxylation sites is 2. The molecule has 9 rings (SSSR count). The maximum absolute atomic E-state index is 2.42. The number of aromatic nitrogens is 2. The topological polar surface area (TPSA) is 9.86 Å². The van der Waals surface area contributed by atoms with E-state index in [4.69, 9.17) is 0 Å². The summed E-state index contributed by atoms with van der Waals surface area (Å²) < 4.78 is 7.34. The molecule has 0 aliphatic heterocycles. The highest BCUT2D eigenvalue weighted by atomic mass is 32.1. The van der Waals surface area contributed by atoms with Crippen molar-refractivity contribution < 1.29 is 0 Å². The zero-order valence-electron chi connectivity index (χ0n) is 22.2. The van der Waals surface area contributed by atoms with Crippen molar-refractivity contribution in [2.45, 2.75) is 0 Å². The number of fused-ring (bicyclic) bond motifs is 7. The molecule has 6 aromatic carbocycles. The Bertz CT molecular complexity index is 2420. The molecule has 0 saturated heterocycles. The molecule has 3 heteroatoms. The molecule has 0 N–H and O–H groups in total. The normalized spacial score (nSPS) is 11.9. The van der Waals surface area contributed by atoms with Gasteiger partial charge in [0, 0.05) is 53.9 Å². The SMILES string of the molecule is c1ccc(-n2ccc3cc(-c4ccc5c(c4)c4ccccc4n5-c4ccc5sc6ccccc6c5c4)ccc32)cc1. The van der Waals surface area contributed by atoms with Crippen LogP contribution in [0.25, 0.3) is 75.4 Å². The lowest BCUT2D eigenvalue weighted by Crippen LogP contribution is -1.93. The maximum atomic E-state index is 2.42. The van der Waals surface area contributed by atoms with Gasteiger partial charge in [-0.25, -0.2) is 0 Å². The summed E-state index contributed by atoms with van der Waals surface area (Å²) in [6.07, 6.45) is 2.16. The molecule has 0 aliphatic carbocycles. The molecule has 192 valence electrons. The molecule has 0 unspecified atom stereocenters. The van der Waals surface area contributed by atoms with E-state index >= 15 is 0 Å². The lowest BCUT2D eigenvalue weighted by atomic mass is 10.0. The molecule has 41 heavy (non-hydrogen) atoms. The lowest BCUT2D eigenvalue weighted by Gasteiger charge is -2.09. The standard InChI is InChI=1S/C38H24N2S/c1-2-8-28(9-3-1)39-21-20-27-22-25(14-17-34(27)39)26-15-18-36-32(23-26)30-10-4-6-12-35(30)40(36)29-16-19-38-33(24-29)31-11-5-7-13-37(31)41-38/h1-24H. The molecule has 2 nitrogen and oxygen atoms in total. The highest BCUT2D eigenvalue weighted by molar-refractivity contribution is 7.25. The Hall–Kier alpha value is -5.12. The second-order valence-electron chi connectivity index (χ2n) is 10.7. The number of nitrogens with zero attached hydrogens (tertiary/aromatic N) is 2. The predicted octanol–water partition coefficient (Wildman–Crippen LogP) is 10.8. The largest absolute Gasteiger partial charge is 0.317 e. The lowest BCUT2D eigenvalue weighted by molar-refractivity contribution is 1.13. The van der Waals surface area contributed by atoms with E-state index < -0.39 is 0 Å². The van der Waals surface area contributed by atoms with E-state index in [9.17, 15) is 0 Å². The van der Waals surface area contributed by atoms with E-state index in [-0.39, 0.29) is 0 Å². The van der Waals surface area contributed by atoms with Gasteiger partial charge in [-0.1, -0.05) is 66.7 Å². The van der Waals surface area contributed by atoms with Crippen LogP contribution in [0.15, 0.2) is 146 Å². The van der Waals surface area contributed by atoms with Gasteiger partial charge in [0.25, 0.3) is 0 Å². The van der Waals surface area contributed by atoms with Gasteiger partial charge < -0.3 is 9.13 Å². The van der Waals surface area contributed by atoms with Crippen molar-refractivity contribution in [3.05, 3.63) is 146 Å². The van der Waals surface area contributed by atoms with Crippen LogP contribution in [-0.2, 0) is 0 Å². The fourth-order valence-corrected chi connectivity index (χ4v) is 7.51. The molecule has 9 aromatic rings. The zero-order chi connectivity index (χ0) is 26.9. The number of hydrogen-bond donors (Lipinski definition) is 0. The van der Waals surface area contributed by atoms with Crippen LogP contribution in [0.1, 0.15) is 0 Å². The van der Waals surface area contributed by atoms with Crippen molar-refractivity contribution >= 4 is 64.2 Å². The fourth-order valence-electron chi connectivity index (χ4n) is 6.42. The molecule has 0 bridgehead atoms. The summed E-state index contributed by atoms with van der Waals surface area (Å²) in [5.41, 5.74) is 8.51. The van der Waals surface area contributed by atoms with Crippen molar-refractivity contribution in [3.63, 3.8) is 0 Å². The predicted molar refractivity (Wildman–Crippen MR) is 176 cm³/mol. The summed E-state index contributed by atoms with van der Waals surface area (Å²) in [5.74, 6) is 0.